The Labute approximate surface area is 128 Å². The van der Waals surface area contributed by atoms with Crippen LogP contribution in [-0.2, 0) is 22.9 Å². The van der Waals surface area contributed by atoms with Crippen molar-refractivity contribution in [1.29, 1.82) is 0 Å². The summed E-state index contributed by atoms with van der Waals surface area (Å²) in [7, 11) is -3.60. The molecule has 1 aromatic carbocycles. The molecule has 1 aliphatic heterocycles. The number of hydrogen-bond acceptors (Lipinski definition) is 5. The standard InChI is InChI=1S/C15H14N2O4S/c1-22(19,20)17-15(18)11-5-4-10-6-7-12-13(3-2-8-16-12)21-14(10)9-11/h2-5,8-9H,6-7H2,1H3,(H,17,18). The second kappa shape index (κ2) is 5.42. The first-order chi connectivity index (χ1) is 10.4. The van der Waals surface area contributed by atoms with E-state index in [0.29, 0.717) is 11.5 Å². The Bertz CT molecular complexity index is 846. The molecule has 22 heavy (non-hydrogen) atoms. The summed E-state index contributed by atoms with van der Waals surface area (Å²) in [4.78, 5) is 16.2. The van der Waals surface area contributed by atoms with Gasteiger partial charge in [-0.1, -0.05) is 6.07 Å². The second-order valence-electron chi connectivity index (χ2n) is 5.08. The number of pyridine rings is 1. The molecule has 1 N–H and O–H groups in total. The molecular weight excluding hydrogens is 304 g/mol. The Hall–Kier alpha value is -2.41. The third-order valence-corrected chi connectivity index (χ3v) is 3.86. The van der Waals surface area contributed by atoms with Crippen LogP contribution in [0, 0.1) is 0 Å². The molecule has 2 heterocycles. The molecule has 7 heteroatoms. The molecule has 6 nitrogen and oxygen atoms in total. The molecule has 0 bridgehead atoms. The summed E-state index contributed by atoms with van der Waals surface area (Å²) in [5.41, 5.74) is 2.05. The zero-order valence-corrected chi connectivity index (χ0v) is 12.7. The fourth-order valence-corrected chi connectivity index (χ4v) is 2.75. The van der Waals surface area contributed by atoms with E-state index in [-0.39, 0.29) is 5.56 Å². The number of ether oxygens (including phenoxy) is 1. The van der Waals surface area contributed by atoms with Gasteiger partial charge in [-0.25, -0.2) is 13.1 Å². The molecule has 0 fully saturated rings. The molecule has 0 aliphatic carbocycles. The lowest BCUT2D eigenvalue weighted by atomic mass is 10.1. The third kappa shape index (κ3) is 3.09. The number of carbonyl (C=O) groups excluding carboxylic acids is 1. The maximum absolute atomic E-state index is 11.9. The van der Waals surface area contributed by atoms with Crippen molar-refractivity contribution >= 4 is 15.9 Å². The average molecular weight is 318 g/mol. The first kappa shape index (κ1) is 14.5. The van der Waals surface area contributed by atoms with Gasteiger partial charge in [0.05, 0.1) is 11.9 Å². The predicted octanol–water partition coefficient (Wildman–Crippen LogP) is 1.66. The summed E-state index contributed by atoms with van der Waals surface area (Å²) in [5.74, 6) is 0.527. The fraction of sp³-hybridized carbons (Fsp3) is 0.200. The fourth-order valence-electron chi connectivity index (χ4n) is 2.30. The zero-order chi connectivity index (χ0) is 15.7. The number of benzene rings is 1. The van der Waals surface area contributed by atoms with Gasteiger partial charge in [-0.15, -0.1) is 0 Å². The normalized spacial score (nSPS) is 13.3. The lowest BCUT2D eigenvalue weighted by molar-refractivity contribution is 0.0981. The summed E-state index contributed by atoms with van der Waals surface area (Å²) in [6.45, 7) is 0. The molecule has 1 aliphatic rings. The van der Waals surface area contributed by atoms with E-state index in [4.69, 9.17) is 4.74 Å². The van der Waals surface area contributed by atoms with Gasteiger partial charge in [0.25, 0.3) is 5.91 Å². The molecule has 0 atom stereocenters. The smallest absolute Gasteiger partial charge is 0.264 e. The van der Waals surface area contributed by atoms with Gasteiger partial charge < -0.3 is 4.74 Å². The second-order valence-corrected chi connectivity index (χ2v) is 6.82. The maximum atomic E-state index is 11.9. The van der Waals surface area contributed by atoms with E-state index >= 15 is 0 Å². The highest BCUT2D eigenvalue weighted by Crippen LogP contribution is 2.33. The Kier molecular flexibility index (Phi) is 3.58. The maximum Gasteiger partial charge on any atom is 0.264 e. The van der Waals surface area contributed by atoms with E-state index in [0.717, 1.165) is 30.4 Å². The van der Waals surface area contributed by atoms with Crippen LogP contribution in [0.15, 0.2) is 36.5 Å². The largest absolute Gasteiger partial charge is 0.455 e. The van der Waals surface area contributed by atoms with Gasteiger partial charge in [0, 0.05) is 11.8 Å². The molecule has 3 rings (SSSR count). The quantitative estimate of drug-likeness (QED) is 0.910. The monoisotopic (exact) mass is 318 g/mol. The van der Waals surface area contributed by atoms with Crippen molar-refractivity contribution in [2.45, 2.75) is 12.8 Å². The van der Waals surface area contributed by atoms with E-state index in [9.17, 15) is 13.2 Å². The van der Waals surface area contributed by atoms with Gasteiger partial charge in [-0.3, -0.25) is 9.78 Å². The molecule has 114 valence electrons. The van der Waals surface area contributed by atoms with Crippen molar-refractivity contribution in [2.75, 3.05) is 6.26 Å². The molecule has 0 saturated heterocycles. The summed E-state index contributed by atoms with van der Waals surface area (Å²) < 4.78 is 30.1. The van der Waals surface area contributed by atoms with Crippen molar-refractivity contribution in [2.24, 2.45) is 0 Å². The molecule has 2 aromatic rings. The minimum Gasteiger partial charge on any atom is -0.455 e. The number of aromatic nitrogens is 1. The summed E-state index contributed by atoms with van der Waals surface area (Å²) in [5, 5.41) is 0. The molecular formula is C15H14N2O4S. The molecule has 0 spiro atoms. The SMILES string of the molecule is CS(=O)(=O)NC(=O)c1ccc2c(c1)Oc1cccnc1CC2. The van der Waals surface area contributed by atoms with Crippen LogP contribution in [0.1, 0.15) is 21.6 Å². The number of sulfonamides is 1. The molecule has 1 amide bonds. The van der Waals surface area contributed by atoms with E-state index in [1.54, 1.807) is 30.5 Å². The highest BCUT2D eigenvalue weighted by molar-refractivity contribution is 7.89. The van der Waals surface area contributed by atoms with Crippen molar-refractivity contribution in [1.82, 2.24) is 9.71 Å². The van der Waals surface area contributed by atoms with Crippen LogP contribution in [0.4, 0.5) is 0 Å². The Morgan fingerprint density at radius 2 is 2.05 bits per heavy atom. The summed E-state index contributed by atoms with van der Waals surface area (Å²) >= 11 is 0. The topological polar surface area (TPSA) is 85.4 Å². The lowest BCUT2D eigenvalue weighted by Gasteiger charge is -2.10. The van der Waals surface area contributed by atoms with E-state index < -0.39 is 15.9 Å². The van der Waals surface area contributed by atoms with Crippen LogP contribution in [0.2, 0.25) is 0 Å². The Morgan fingerprint density at radius 1 is 1.23 bits per heavy atom. The van der Waals surface area contributed by atoms with Crippen molar-refractivity contribution in [3.05, 3.63) is 53.3 Å². The van der Waals surface area contributed by atoms with Crippen molar-refractivity contribution < 1.29 is 17.9 Å². The highest BCUT2D eigenvalue weighted by Gasteiger charge is 2.18. The Morgan fingerprint density at radius 3 is 2.82 bits per heavy atom. The van der Waals surface area contributed by atoms with E-state index in [1.807, 2.05) is 10.8 Å². The summed E-state index contributed by atoms with van der Waals surface area (Å²) in [6, 6.07) is 8.52. The molecule has 0 saturated carbocycles. The first-order valence-corrected chi connectivity index (χ1v) is 8.58. The first-order valence-electron chi connectivity index (χ1n) is 6.69. The minimum absolute atomic E-state index is 0.233. The van der Waals surface area contributed by atoms with Gasteiger partial charge in [0.15, 0.2) is 0 Å². The van der Waals surface area contributed by atoms with Crippen LogP contribution in [0.5, 0.6) is 11.5 Å². The molecule has 0 radical (unpaired) electrons. The highest BCUT2D eigenvalue weighted by atomic mass is 32.2. The zero-order valence-electron chi connectivity index (χ0n) is 11.9. The van der Waals surface area contributed by atoms with Crippen molar-refractivity contribution in [3.63, 3.8) is 0 Å². The van der Waals surface area contributed by atoms with Crippen LogP contribution >= 0.6 is 0 Å². The third-order valence-electron chi connectivity index (χ3n) is 3.31. The van der Waals surface area contributed by atoms with E-state index in [2.05, 4.69) is 4.98 Å². The average Bonchev–Trinajstić information content (AvgIpc) is 2.63. The van der Waals surface area contributed by atoms with Crippen LogP contribution in [-0.4, -0.2) is 25.6 Å². The number of hydrogen-bond donors (Lipinski definition) is 1. The van der Waals surface area contributed by atoms with Crippen LogP contribution < -0.4 is 9.46 Å². The van der Waals surface area contributed by atoms with Gasteiger partial charge >= 0.3 is 0 Å². The van der Waals surface area contributed by atoms with Crippen molar-refractivity contribution in [3.8, 4) is 11.5 Å². The lowest BCUT2D eigenvalue weighted by Crippen LogP contribution is -2.29. The number of rotatable bonds is 2. The number of nitrogens with one attached hydrogen (secondary N) is 1. The number of fused-ring (bicyclic) bond motifs is 2. The van der Waals surface area contributed by atoms with Gasteiger partial charge in [0.1, 0.15) is 11.5 Å². The number of amides is 1. The Balaban J connectivity index is 1.95. The minimum atomic E-state index is -3.60. The molecule has 1 aromatic heterocycles. The van der Waals surface area contributed by atoms with E-state index in [1.165, 1.54) is 0 Å². The predicted molar refractivity (Wildman–Crippen MR) is 80.5 cm³/mol. The van der Waals surface area contributed by atoms with Crippen LogP contribution in [0.3, 0.4) is 0 Å². The van der Waals surface area contributed by atoms with Gasteiger partial charge in [-0.2, -0.15) is 0 Å². The number of aryl methyl sites for hydroxylation is 2. The van der Waals surface area contributed by atoms with Crippen LogP contribution in [0.25, 0.3) is 0 Å². The number of carbonyl (C=O) groups is 1. The number of nitrogens with zero attached hydrogens (tertiary/aromatic N) is 1. The summed E-state index contributed by atoms with van der Waals surface area (Å²) in [6.07, 6.45) is 4.14. The molecule has 0 unspecified atom stereocenters. The van der Waals surface area contributed by atoms with Gasteiger partial charge in [0.2, 0.25) is 10.0 Å². The van der Waals surface area contributed by atoms with Gasteiger partial charge in [-0.05, 0) is 42.7 Å².